The topological polar surface area (TPSA) is 64.4 Å². The lowest BCUT2D eigenvalue weighted by Crippen LogP contribution is -2.38. The fraction of sp³-hybridized carbons (Fsp3) is 0.933. The molecule has 0 radical (unpaired) electrons. The third-order valence-corrected chi connectivity index (χ3v) is 4.66. The van der Waals surface area contributed by atoms with E-state index in [9.17, 15) is 4.79 Å². The molecule has 0 aromatic carbocycles. The van der Waals surface area contributed by atoms with Crippen LogP contribution in [0.1, 0.15) is 51.9 Å². The normalized spacial score (nSPS) is 33.1. The van der Waals surface area contributed by atoms with Gasteiger partial charge in [-0.25, -0.2) is 0 Å². The second kappa shape index (κ2) is 7.25. The van der Waals surface area contributed by atoms with Gasteiger partial charge in [0.25, 0.3) is 0 Å². The standard InChI is InChI=1S/C15H28N2O2/c1-11(13-7-8-19-10-13)17-15(18)6-5-12-3-2-4-14(16)9-12/h11-14H,2-10,16H2,1H3,(H,17,18). The molecule has 2 aliphatic rings. The van der Waals surface area contributed by atoms with E-state index in [2.05, 4.69) is 12.2 Å². The number of amides is 1. The number of nitrogens with two attached hydrogens (primary N) is 1. The monoisotopic (exact) mass is 268 g/mol. The summed E-state index contributed by atoms with van der Waals surface area (Å²) < 4.78 is 5.36. The number of hydrogen-bond donors (Lipinski definition) is 2. The summed E-state index contributed by atoms with van der Waals surface area (Å²) in [5, 5.41) is 3.12. The Morgan fingerprint density at radius 3 is 2.95 bits per heavy atom. The van der Waals surface area contributed by atoms with Crippen LogP contribution in [0.3, 0.4) is 0 Å². The van der Waals surface area contributed by atoms with Gasteiger partial charge in [-0.2, -0.15) is 0 Å². The molecule has 0 aromatic heterocycles. The summed E-state index contributed by atoms with van der Waals surface area (Å²) in [4.78, 5) is 12.0. The molecular formula is C15H28N2O2. The molecule has 1 heterocycles. The highest BCUT2D eigenvalue weighted by atomic mass is 16.5. The van der Waals surface area contributed by atoms with E-state index < -0.39 is 0 Å². The molecule has 0 aromatic rings. The predicted molar refractivity (Wildman–Crippen MR) is 75.7 cm³/mol. The van der Waals surface area contributed by atoms with Gasteiger partial charge in [-0.05, 0) is 38.5 Å². The maximum absolute atomic E-state index is 12.0. The summed E-state index contributed by atoms with van der Waals surface area (Å²) in [6.07, 6.45) is 7.43. The smallest absolute Gasteiger partial charge is 0.220 e. The van der Waals surface area contributed by atoms with E-state index in [0.717, 1.165) is 38.9 Å². The van der Waals surface area contributed by atoms with E-state index >= 15 is 0 Å². The van der Waals surface area contributed by atoms with Gasteiger partial charge in [-0.1, -0.05) is 12.8 Å². The molecule has 2 rings (SSSR count). The van der Waals surface area contributed by atoms with Gasteiger partial charge < -0.3 is 15.8 Å². The van der Waals surface area contributed by atoms with E-state index in [1.807, 2.05) is 0 Å². The number of ether oxygens (including phenoxy) is 1. The van der Waals surface area contributed by atoms with Crippen molar-refractivity contribution >= 4 is 5.91 Å². The molecule has 1 aliphatic carbocycles. The SMILES string of the molecule is CC(NC(=O)CCC1CCCC(N)C1)C1CCOC1. The highest BCUT2D eigenvalue weighted by molar-refractivity contribution is 5.76. The molecule has 3 N–H and O–H groups in total. The number of nitrogens with one attached hydrogen (secondary N) is 1. The Bertz CT molecular complexity index is 290. The van der Waals surface area contributed by atoms with Gasteiger partial charge >= 0.3 is 0 Å². The summed E-state index contributed by atoms with van der Waals surface area (Å²) in [5.41, 5.74) is 5.98. The van der Waals surface area contributed by atoms with Crippen molar-refractivity contribution in [1.29, 1.82) is 0 Å². The first-order valence-corrected chi connectivity index (χ1v) is 7.78. The first kappa shape index (κ1) is 14.8. The van der Waals surface area contributed by atoms with Gasteiger partial charge in [-0.15, -0.1) is 0 Å². The van der Waals surface area contributed by atoms with Crippen LogP contribution in [0, 0.1) is 11.8 Å². The van der Waals surface area contributed by atoms with Gasteiger partial charge in [-0.3, -0.25) is 4.79 Å². The molecule has 4 heteroatoms. The molecule has 4 unspecified atom stereocenters. The van der Waals surface area contributed by atoms with E-state index in [1.54, 1.807) is 0 Å². The van der Waals surface area contributed by atoms with Crippen molar-refractivity contribution in [3.8, 4) is 0 Å². The molecule has 19 heavy (non-hydrogen) atoms. The van der Waals surface area contributed by atoms with Gasteiger partial charge in [0.1, 0.15) is 0 Å². The number of hydrogen-bond acceptors (Lipinski definition) is 3. The number of rotatable bonds is 5. The lowest BCUT2D eigenvalue weighted by Gasteiger charge is -2.26. The molecule has 2 fully saturated rings. The van der Waals surface area contributed by atoms with Crippen LogP contribution >= 0.6 is 0 Å². The fourth-order valence-corrected chi connectivity index (χ4v) is 3.32. The number of carbonyl (C=O) groups is 1. The van der Waals surface area contributed by atoms with Crippen LogP contribution in [-0.4, -0.2) is 31.2 Å². The summed E-state index contributed by atoms with van der Waals surface area (Å²) in [6.45, 7) is 3.72. The van der Waals surface area contributed by atoms with Crippen molar-refractivity contribution in [2.75, 3.05) is 13.2 Å². The molecule has 1 amide bonds. The molecule has 4 atom stereocenters. The molecule has 1 saturated carbocycles. The second-order valence-electron chi connectivity index (χ2n) is 6.31. The van der Waals surface area contributed by atoms with Crippen LogP contribution in [-0.2, 0) is 9.53 Å². The van der Waals surface area contributed by atoms with Crippen molar-refractivity contribution in [3.05, 3.63) is 0 Å². The van der Waals surface area contributed by atoms with Crippen LogP contribution in [0.25, 0.3) is 0 Å². The van der Waals surface area contributed by atoms with Gasteiger partial charge in [0, 0.05) is 31.0 Å². The summed E-state index contributed by atoms with van der Waals surface area (Å²) in [6, 6.07) is 0.597. The predicted octanol–water partition coefficient (Wildman–Crippen LogP) is 1.83. The Morgan fingerprint density at radius 2 is 2.26 bits per heavy atom. The van der Waals surface area contributed by atoms with Crippen LogP contribution in [0.2, 0.25) is 0 Å². The average molecular weight is 268 g/mol. The summed E-state index contributed by atoms with van der Waals surface area (Å²) in [7, 11) is 0. The van der Waals surface area contributed by atoms with Crippen molar-refractivity contribution in [2.24, 2.45) is 17.6 Å². The molecule has 110 valence electrons. The van der Waals surface area contributed by atoms with E-state index in [-0.39, 0.29) is 11.9 Å². The number of carbonyl (C=O) groups excluding carboxylic acids is 1. The molecule has 0 spiro atoms. The maximum Gasteiger partial charge on any atom is 0.220 e. The zero-order valence-electron chi connectivity index (χ0n) is 12.1. The summed E-state index contributed by atoms with van der Waals surface area (Å²) in [5.74, 6) is 1.34. The highest BCUT2D eigenvalue weighted by Crippen LogP contribution is 2.26. The Kier molecular flexibility index (Phi) is 5.64. The summed E-state index contributed by atoms with van der Waals surface area (Å²) >= 11 is 0. The lowest BCUT2D eigenvalue weighted by atomic mass is 9.83. The minimum absolute atomic E-state index is 0.193. The van der Waals surface area contributed by atoms with E-state index in [1.165, 1.54) is 12.8 Å². The maximum atomic E-state index is 12.0. The molecule has 1 aliphatic heterocycles. The molecular weight excluding hydrogens is 240 g/mol. The lowest BCUT2D eigenvalue weighted by molar-refractivity contribution is -0.122. The van der Waals surface area contributed by atoms with Gasteiger partial charge in [0.05, 0.1) is 6.61 Å². The van der Waals surface area contributed by atoms with Crippen LogP contribution in [0.15, 0.2) is 0 Å². The van der Waals surface area contributed by atoms with Crippen LogP contribution < -0.4 is 11.1 Å². The average Bonchev–Trinajstić information content (AvgIpc) is 2.90. The fourth-order valence-electron chi connectivity index (χ4n) is 3.32. The minimum atomic E-state index is 0.193. The van der Waals surface area contributed by atoms with Crippen molar-refractivity contribution in [1.82, 2.24) is 5.32 Å². The zero-order valence-corrected chi connectivity index (χ0v) is 12.1. The van der Waals surface area contributed by atoms with Gasteiger partial charge in [0.15, 0.2) is 0 Å². The Balaban J connectivity index is 1.63. The van der Waals surface area contributed by atoms with Crippen molar-refractivity contribution in [2.45, 2.75) is 64.0 Å². The van der Waals surface area contributed by atoms with Crippen LogP contribution in [0.5, 0.6) is 0 Å². The molecule has 1 saturated heterocycles. The Morgan fingerprint density at radius 1 is 1.42 bits per heavy atom. The van der Waals surface area contributed by atoms with Crippen LogP contribution in [0.4, 0.5) is 0 Å². The largest absolute Gasteiger partial charge is 0.381 e. The molecule has 4 nitrogen and oxygen atoms in total. The van der Waals surface area contributed by atoms with Gasteiger partial charge in [0.2, 0.25) is 5.91 Å². The van der Waals surface area contributed by atoms with E-state index in [0.29, 0.717) is 24.3 Å². The third-order valence-electron chi connectivity index (χ3n) is 4.66. The molecule has 0 bridgehead atoms. The quantitative estimate of drug-likeness (QED) is 0.799. The van der Waals surface area contributed by atoms with Crippen molar-refractivity contribution < 1.29 is 9.53 Å². The Labute approximate surface area is 116 Å². The zero-order chi connectivity index (χ0) is 13.7. The second-order valence-corrected chi connectivity index (χ2v) is 6.31. The Hall–Kier alpha value is -0.610. The van der Waals surface area contributed by atoms with Crippen molar-refractivity contribution in [3.63, 3.8) is 0 Å². The minimum Gasteiger partial charge on any atom is -0.381 e. The highest BCUT2D eigenvalue weighted by Gasteiger charge is 2.24. The third kappa shape index (κ3) is 4.77. The van der Waals surface area contributed by atoms with E-state index in [4.69, 9.17) is 10.5 Å². The first-order valence-electron chi connectivity index (χ1n) is 7.78. The first-order chi connectivity index (χ1) is 9.15.